The van der Waals surface area contributed by atoms with Crippen LogP contribution in [0.5, 0.6) is 0 Å². The van der Waals surface area contributed by atoms with Crippen molar-refractivity contribution in [3.8, 4) is 0 Å². The number of nitrogens with one attached hydrogen (secondary N) is 1. The first-order valence-corrected chi connectivity index (χ1v) is 6.08. The lowest BCUT2D eigenvalue weighted by Crippen LogP contribution is -2.02. The first kappa shape index (κ1) is 11.2. The van der Waals surface area contributed by atoms with Crippen molar-refractivity contribution in [3.05, 3.63) is 41.7 Å². The standard InChI is InChI=1S/C12H15N3S/c1-9-8-10(4-5-13)2-3-11(9)16-12-14-6-7-15-12/h2-3,6-8H,4-5,13H2,1H3,(H,14,15). The Balaban J connectivity index is 2.16. The monoisotopic (exact) mass is 233 g/mol. The third kappa shape index (κ3) is 2.65. The van der Waals surface area contributed by atoms with E-state index in [2.05, 4.69) is 35.1 Å². The van der Waals surface area contributed by atoms with Gasteiger partial charge in [0.15, 0.2) is 5.16 Å². The van der Waals surface area contributed by atoms with Crippen LogP contribution in [0, 0.1) is 6.92 Å². The Morgan fingerprint density at radius 3 is 2.94 bits per heavy atom. The Bertz CT molecular complexity index is 451. The molecule has 16 heavy (non-hydrogen) atoms. The van der Waals surface area contributed by atoms with Crippen LogP contribution >= 0.6 is 11.8 Å². The molecule has 0 saturated carbocycles. The molecule has 1 aromatic carbocycles. The minimum absolute atomic E-state index is 0.699. The lowest BCUT2D eigenvalue weighted by atomic mass is 10.1. The topological polar surface area (TPSA) is 54.7 Å². The van der Waals surface area contributed by atoms with Gasteiger partial charge < -0.3 is 10.7 Å². The predicted octanol–water partition coefficient (Wildman–Crippen LogP) is 2.37. The molecule has 0 aliphatic rings. The Morgan fingerprint density at radius 1 is 1.44 bits per heavy atom. The van der Waals surface area contributed by atoms with Gasteiger partial charge in [-0.15, -0.1) is 0 Å². The summed E-state index contributed by atoms with van der Waals surface area (Å²) in [7, 11) is 0. The highest BCUT2D eigenvalue weighted by Crippen LogP contribution is 2.28. The smallest absolute Gasteiger partial charge is 0.170 e. The number of nitrogens with zero attached hydrogens (tertiary/aromatic N) is 1. The molecule has 1 aromatic heterocycles. The van der Waals surface area contributed by atoms with Gasteiger partial charge in [0.25, 0.3) is 0 Å². The summed E-state index contributed by atoms with van der Waals surface area (Å²) < 4.78 is 0. The number of benzene rings is 1. The summed E-state index contributed by atoms with van der Waals surface area (Å²) in [6.45, 7) is 2.81. The molecule has 0 aliphatic heterocycles. The van der Waals surface area contributed by atoms with Crippen LogP contribution in [0.3, 0.4) is 0 Å². The maximum Gasteiger partial charge on any atom is 0.170 e. The summed E-state index contributed by atoms with van der Waals surface area (Å²) in [6.07, 6.45) is 4.54. The fraction of sp³-hybridized carbons (Fsp3) is 0.250. The molecule has 2 aromatic rings. The fourth-order valence-corrected chi connectivity index (χ4v) is 2.36. The second kappa shape index (κ2) is 5.18. The molecule has 0 aliphatic carbocycles. The number of aromatic amines is 1. The van der Waals surface area contributed by atoms with Gasteiger partial charge in [0, 0.05) is 17.3 Å². The van der Waals surface area contributed by atoms with Crippen LogP contribution in [0.15, 0.2) is 40.6 Å². The summed E-state index contributed by atoms with van der Waals surface area (Å²) in [5.74, 6) is 0. The molecule has 84 valence electrons. The lowest BCUT2D eigenvalue weighted by Gasteiger charge is -2.06. The van der Waals surface area contributed by atoms with Crippen LogP contribution in [-0.4, -0.2) is 16.5 Å². The van der Waals surface area contributed by atoms with E-state index in [4.69, 9.17) is 5.73 Å². The Hall–Kier alpha value is -1.26. The fourth-order valence-electron chi connectivity index (χ4n) is 1.56. The molecule has 1 heterocycles. The van der Waals surface area contributed by atoms with Crippen LogP contribution in [0.25, 0.3) is 0 Å². The van der Waals surface area contributed by atoms with E-state index in [1.54, 1.807) is 18.0 Å². The molecule has 0 atom stereocenters. The summed E-state index contributed by atoms with van der Waals surface area (Å²) in [6, 6.07) is 6.46. The van der Waals surface area contributed by atoms with Gasteiger partial charge in [-0.3, -0.25) is 0 Å². The number of hydrogen-bond donors (Lipinski definition) is 2. The highest BCUT2D eigenvalue weighted by molar-refractivity contribution is 7.99. The molecule has 0 saturated heterocycles. The van der Waals surface area contributed by atoms with Crippen LogP contribution in [0.1, 0.15) is 11.1 Å². The molecule has 0 spiro atoms. The van der Waals surface area contributed by atoms with Gasteiger partial charge in [-0.05, 0) is 37.1 Å². The second-order valence-electron chi connectivity index (χ2n) is 3.63. The van der Waals surface area contributed by atoms with Gasteiger partial charge in [0.05, 0.1) is 0 Å². The maximum atomic E-state index is 5.54. The van der Waals surface area contributed by atoms with Crippen molar-refractivity contribution in [1.82, 2.24) is 9.97 Å². The van der Waals surface area contributed by atoms with Crippen LogP contribution in [0.2, 0.25) is 0 Å². The summed E-state index contributed by atoms with van der Waals surface area (Å²) in [5, 5.41) is 0.926. The van der Waals surface area contributed by atoms with Gasteiger partial charge in [-0.2, -0.15) is 0 Å². The minimum atomic E-state index is 0.699. The van der Waals surface area contributed by atoms with Crippen LogP contribution < -0.4 is 5.73 Å². The average molecular weight is 233 g/mol. The van der Waals surface area contributed by atoms with E-state index in [1.165, 1.54) is 16.0 Å². The van der Waals surface area contributed by atoms with E-state index in [1.807, 2.05) is 6.20 Å². The van der Waals surface area contributed by atoms with Crippen molar-refractivity contribution in [2.75, 3.05) is 6.54 Å². The number of aromatic nitrogens is 2. The van der Waals surface area contributed by atoms with E-state index in [-0.39, 0.29) is 0 Å². The minimum Gasteiger partial charge on any atom is -0.339 e. The van der Waals surface area contributed by atoms with Gasteiger partial charge in [0.1, 0.15) is 0 Å². The van der Waals surface area contributed by atoms with Crippen molar-refractivity contribution in [2.45, 2.75) is 23.4 Å². The van der Waals surface area contributed by atoms with E-state index in [0.717, 1.165) is 11.6 Å². The molecule has 2 rings (SSSR count). The predicted molar refractivity (Wildman–Crippen MR) is 66.6 cm³/mol. The number of aryl methyl sites for hydroxylation is 1. The molecule has 0 fully saturated rings. The number of H-pyrrole nitrogens is 1. The number of nitrogens with two attached hydrogens (primary N) is 1. The SMILES string of the molecule is Cc1cc(CCN)ccc1Sc1ncc[nH]1. The van der Waals surface area contributed by atoms with Crippen LogP contribution in [0.4, 0.5) is 0 Å². The van der Waals surface area contributed by atoms with Gasteiger partial charge in [0.2, 0.25) is 0 Å². The first-order valence-electron chi connectivity index (χ1n) is 5.26. The third-order valence-corrected chi connectivity index (χ3v) is 3.45. The van der Waals surface area contributed by atoms with E-state index >= 15 is 0 Å². The molecule has 0 unspecified atom stereocenters. The quantitative estimate of drug-likeness (QED) is 0.852. The Morgan fingerprint density at radius 2 is 2.31 bits per heavy atom. The number of imidazole rings is 1. The van der Waals surface area contributed by atoms with Crippen molar-refractivity contribution in [3.63, 3.8) is 0 Å². The zero-order chi connectivity index (χ0) is 11.4. The number of hydrogen-bond acceptors (Lipinski definition) is 3. The van der Waals surface area contributed by atoms with Gasteiger partial charge in [-0.1, -0.05) is 23.9 Å². The molecule has 0 radical (unpaired) electrons. The van der Waals surface area contributed by atoms with Crippen molar-refractivity contribution < 1.29 is 0 Å². The van der Waals surface area contributed by atoms with Gasteiger partial charge in [-0.25, -0.2) is 4.98 Å². The van der Waals surface area contributed by atoms with Crippen LogP contribution in [-0.2, 0) is 6.42 Å². The van der Waals surface area contributed by atoms with Crippen molar-refractivity contribution in [1.29, 1.82) is 0 Å². The Kier molecular flexibility index (Phi) is 3.64. The molecular weight excluding hydrogens is 218 g/mol. The van der Waals surface area contributed by atoms with E-state index in [9.17, 15) is 0 Å². The molecule has 3 nitrogen and oxygen atoms in total. The molecule has 3 N–H and O–H groups in total. The summed E-state index contributed by atoms with van der Waals surface area (Å²) in [4.78, 5) is 8.52. The molecule has 0 amide bonds. The average Bonchev–Trinajstić information content (AvgIpc) is 2.75. The molecule has 0 bridgehead atoms. The highest BCUT2D eigenvalue weighted by atomic mass is 32.2. The van der Waals surface area contributed by atoms with Crippen molar-refractivity contribution in [2.24, 2.45) is 5.73 Å². The Labute approximate surface area is 99.5 Å². The summed E-state index contributed by atoms with van der Waals surface area (Å²) >= 11 is 1.65. The maximum absolute atomic E-state index is 5.54. The summed E-state index contributed by atoms with van der Waals surface area (Å²) in [5.41, 5.74) is 8.10. The molecule has 4 heteroatoms. The van der Waals surface area contributed by atoms with E-state index < -0.39 is 0 Å². The lowest BCUT2D eigenvalue weighted by molar-refractivity contribution is 0.962. The highest BCUT2D eigenvalue weighted by Gasteiger charge is 2.03. The molecular formula is C12H15N3S. The van der Waals surface area contributed by atoms with Gasteiger partial charge >= 0.3 is 0 Å². The normalized spacial score (nSPS) is 10.6. The second-order valence-corrected chi connectivity index (χ2v) is 4.67. The first-order chi connectivity index (χ1) is 7.79. The zero-order valence-corrected chi connectivity index (χ0v) is 10.1. The van der Waals surface area contributed by atoms with Crippen molar-refractivity contribution >= 4 is 11.8 Å². The largest absolute Gasteiger partial charge is 0.339 e. The van der Waals surface area contributed by atoms with E-state index in [0.29, 0.717) is 6.54 Å². The third-order valence-electron chi connectivity index (χ3n) is 2.35. The zero-order valence-electron chi connectivity index (χ0n) is 9.23. The number of rotatable bonds is 4.